The molecule has 0 spiro atoms. The Labute approximate surface area is 129 Å². The Morgan fingerprint density at radius 1 is 1.38 bits per heavy atom. The fraction of sp³-hybridized carbons (Fsp3) is 0.375. The maximum absolute atomic E-state index is 12.9. The third-order valence-corrected chi connectivity index (χ3v) is 4.24. The highest BCUT2D eigenvalue weighted by molar-refractivity contribution is 6.25. The average Bonchev–Trinajstić information content (AvgIpc) is 2.50. The first kappa shape index (κ1) is 15.6. The quantitative estimate of drug-likeness (QED) is 0.932. The lowest BCUT2D eigenvalue weighted by atomic mass is 9.87. The molecule has 0 bridgehead atoms. The Hall–Kier alpha value is -1.81. The fourth-order valence-corrected chi connectivity index (χ4v) is 2.56. The number of nitrogens with zero attached hydrogens (tertiary/aromatic N) is 1. The van der Waals surface area contributed by atoms with Crippen LogP contribution < -0.4 is 5.32 Å². The molecule has 1 fully saturated rings. The second kappa shape index (κ2) is 5.90. The molecule has 1 aromatic carbocycles. The Kier molecular flexibility index (Phi) is 4.37. The Balaban J connectivity index is 2.41. The highest BCUT2D eigenvalue weighted by Crippen LogP contribution is 2.28. The van der Waals surface area contributed by atoms with Gasteiger partial charge in [0.15, 0.2) is 0 Å². The summed E-state index contributed by atoms with van der Waals surface area (Å²) >= 11 is 5.69. The van der Waals surface area contributed by atoms with Crippen LogP contribution in [-0.2, 0) is 15.1 Å². The lowest BCUT2D eigenvalue weighted by Gasteiger charge is -2.43. The summed E-state index contributed by atoms with van der Waals surface area (Å²) in [6.07, 6.45) is 0. The average molecular weight is 307 g/mol. The number of carbonyl (C=O) groups is 2. The SMILES string of the molecule is C/C(=C\Cl)CN1C(=O)C(C)(c2ccccc2)NC(=O)C1C. The van der Waals surface area contributed by atoms with Crippen LogP contribution in [0.2, 0.25) is 0 Å². The minimum atomic E-state index is -1.04. The van der Waals surface area contributed by atoms with Crippen LogP contribution in [0, 0.1) is 0 Å². The molecule has 1 aromatic rings. The number of halogens is 1. The van der Waals surface area contributed by atoms with E-state index in [1.54, 1.807) is 18.7 Å². The number of benzene rings is 1. The van der Waals surface area contributed by atoms with Gasteiger partial charge in [0.1, 0.15) is 11.6 Å². The van der Waals surface area contributed by atoms with E-state index in [0.717, 1.165) is 11.1 Å². The Bertz CT molecular complexity index is 585. The topological polar surface area (TPSA) is 49.4 Å². The van der Waals surface area contributed by atoms with Gasteiger partial charge < -0.3 is 10.2 Å². The van der Waals surface area contributed by atoms with Crippen LogP contribution in [0.25, 0.3) is 0 Å². The van der Waals surface area contributed by atoms with Gasteiger partial charge in [-0.05, 0) is 31.9 Å². The van der Waals surface area contributed by atoms with E-state index < -0.39 is 11.6 Å². The minimum Gasteiger partial charge on any atom is -0.336 e. The summed E-state index contributed by atoms with van der Waals surface area (Å²) in [6, 6.07) is 8.76. The molecule has 1 heterocycles. The minimum absolute atomic E-state index is 0.126. The molecule has 4 nitrogen and oxygen atoms in total. The van der Waals surface area contributed by atoms with Crippen molar-refractivity contribution >= 4 is 23.4 Å². The van der Waals surface area contributed by atoms with E-state index in [1.807, 2.05) is 37.3 Å². The molecule has 0 saturated carbocycles. The number of amides is 2. The van der Waals surface area contributed by atoms with Crippen molar-refractivity contribution in [2.45, 2.75) is 32.4 Å². The Morgan fingerprint density at radius 3 is 2.57 bits per heavy atom. The van der Waals surface area contributed by atoms with E-state index in [1.165, 1.54) is 5.54 Å². The third-order valence-electron chi connectivity index (χ3n) is 3.87. The zero-order valence-electron chi connectivity index (χ0n) is 12.4. The number of nitrogens with one attached hydrogen (secondary N) is 1. The summed E-state index contributed by atoms with van der Waals surface area (Å²) in [4.78, 5) is 26.7. The molecule has 1 aliphatic rings. The fourth-order valence-electron chi connectivity index (χ4n) is 2.49. The molecular weight excluding hydrogens is 288 g/mol. The molecule has 2 amide bonds. The third kappa shape index (κ3) is 2.81. The van der Waals surface area contributed by atoms with Crippen molar-refractivity contribution in [3.8, 4) is 0 Å². The van der Waals surface area contributed by atoms with E-state index in [2.05, 4.69) is 5.32 Å². The zero-order valence-corrected chi connectivity index (χ0v) is 13.1. The number of hydrogen-bond donors (Lipinski definition) is 1. The first-order valence-corrected chi connectivity index (χ1v) is 7.28. The maximum atomic E-state index is 12.9. The van der Waals surface area contributed by atoms with Gasteiger partial charge in [-0.3, -0.25) is 9.59 Å². The largest absolute Gasteiger partial charge is 0.336 e. The predicted molar refractivity (Wildman–Crippen MR) is 82.7 cm³/mol. The number of piperazine rings is 1. The van der Waals surface area contributed by atoms with Crippen molar-refractivity contribution in [2.24, 2.45) is 0 Å². The lowest BCUT2D eigenvalue weighted by Crippen LogP contribution is -2.67. The smallest absolute Gasteiger partial charge is 0.253 e. The van der Waals surface area contributed by atoms with Gasteiger partial charge >= 0.3 is 0 Å². The van der Waals surface area contributed by atoms with E-state index in [4.69, 9.17) is 11.6 Å². The Morgan fingerprint density at radius 2 is 2.00 bits per heavy atom. The molecule has 1 aliphatic heterocycles. The van der Waals surface area contributed by atoms with Crippen LogP contribution in [0.4, 0.5) is 0 Å². The maximum Gasteiger partial charge on any atom is 0.253 e. The number of carbonyl (C=O) groups excluding carboxylic acids is 2. The molecule has 112 valence electrons. The number of hydrogen-bond acceptors (Lipinski definition) is 2. The van der Waals surface area contributed by atoms with Crippen LogP contribution in [-0.4, -0.2) is 29.3 Å². The van der Waals surface area contributed by atoms with Crippen LogP contribution >= 0.6 is 11.6 Å². The predicted octanol–water partition coefficient (Wildman–Crippen LogP) is 2.39. The van der Waals surface area contributed by atoms with Crippen LogP contribution in [0.3, 0.4) is 0 Å². The molecule has 2 atom stereocenters. The summed E-state index contributed by atoms with van der Waals surface area (Å²) < 4.78 is 0. The van der Waals surface area contributed by atoms with Gasteiger partial charge in [0.05, 0.1) is 0 Å². The van der Waals surface area contributed by atoms with Crippen LogP contribution in [0.1, 0.15) is 26.3 Å². The van der Waals surface area contributed by atoms with Crippen molar-refractivity contribution in [3.63, 3.8) is 0 Å². The summed E-state index contributed by atoms with van der Waals surface area (Å²) in [5.74, 6) is -0.290. The second-order valence-electron chi connectivity index (χ2n) is 5.54. The van der Waals surface area contributed by atoms with Crippen molar-refractivity contribution in [1.82, 2.24) is 10.2 Å². The van der Waals surface area contributed by atoms with Gasteiger partial charge in [-0.2, -0.15) is 0 Å². The molecule has 0 aromatic heterocycles. The molecule has 21 heavy (non-hydrogen) atoms. The van der Waals surface area contributed by atoms with E-state index in [9.17, 15) is 9.59 Å². The first-order chi connectivity index (χ1) is 9.90. The highest BCUT2D eigenvalue weighted by atomic mass is 35.5. The van der Waals surface area contributed by atoms with Crippen LogP contribution in [0.5, 0.6) is 0 Å². The summed E-state index contributed by atoms with van der Waals surface area (Å²) in [5.41, 5.74) is 2.00. The van der Waals surface area contributed by atoms with Gasteiger partial charge in [-0.25, -0.2) is 0 Å². The summed E-state index contributed by atoms with van der Waals surface area (Å²) in [6.45, 7) is 5.64. The van der Waals surface area contributed by atoms with Gasteiger partial charge in [0.2, 0.25) is 5.91 Å². The molecule has 0 radical (unpaired) electrons. The van der Waals surface area contributed by atoms with Crippen molar-refractivity contribution in [1.29, 1.82) is 0 Å². The van der Waals surface area contributed by atoms with Gasteiger partial charge in [0.25, 0.3) is 5.91 Å². The van der Waals surface area contributed by atoms with E-state index >= 15 is 0 Å². The molecule has 1 saturated heterocycles. The molecule has 5 heteroatoms. The lowest BCUT2D eigenvalue weighted by molar-refractivity contribution is -0.153. The molecule has 2 unspecified atom stereocenters. The second-order valence-corrected chi connectivity index (χ2v) is 5.76. The zero-order chi connectivity index (χ0) is 15.6. The van der Waals surface area contributed by atoms with Crippen molar-refractivity contribution < 1.29 is 9.59 Å². The summed E-state index contributed by atoms with van der Waals surface area (Å²) in [7, 11) is 0. The van der Waals surface area contributed by atoms with Crippen molar-refractivity contribution in [3.05, 3.63) is 47.0 Å². The molecule has 2 rings (SSSR count). The summed E-state index contributed by atoms with van der Waals surface area (Å²) in [5, 5.41) is 2.85. The number of rotatable bonds is 3. The molecule has 1 N–H and O–H groups in total. The van der Waals surface area contributed by atoms with Crippen molar-refractivity contribution in [2.75, 3.05) is 6.54 Å². The van der Waals surface area contributed by atoms with E-state index in [0.29, 0.717) is 6.54 Å². The normalized spacial score (nSPS) is 26.8. The van der Waals surface area contributed by atoms with Gasteiger partial charge in [0, 0.05) is 12.1 Å². The monoisotopic (exact) mass is 306 g/mol. The van der Waals surface area contributed by atoms with Gasteiger partial charge in [-0.1, -0.05) is 41.9 Å². The highest BCUT2D eigenvalue weighted by Gasteiger charge is 2.47. The van der Waals surface area contributed by atoms with Gasteiger partial charge in [-0.15, -0.1) is 0 Å². The first-order valence-electron chi connectivity index (χ1n) is 6.84. The molecular formula is C16H19ClN2O2. The standard InChI is InChI=1S/C16H19ClN2O2/c1-11(9-17)10-19-12(2)14(20)18-16(3,15(19)21)13-7-5-4-6-8-13/h4-9,12H,10H2,1-3H3,(H,18,20)/b11-9+. The molecule has 0 aliphatic carbocycles. The van der Waals surface area contributed by atoms with Crippen LogP contribution in [0.15, 0.2) is 41.4 Å². The van der Waals surface area contributed by atoms with E-state index in [-0.39, 0.29) is 11.8 Å².